The summed E-state index contributed by atoms with van der Waals surface area (Å²) in [5.41, 5.74) is 3.85. The average Bonchev–Trinajstić information content (AvgIpc) is 2.97. The van der Waals surface area contributed by atoms with Crippen molar-refractivity contribution in [3.63, 3.8) is 0 Å². The molecule has 0 spiro atoms. The van der Waals surface area contributed by atoms with Crippen LogP contribution in [0.1, 0.15) is 18.4 Å². The molecule has 0 unspecified atom stereocenters. The number of rotatable bonds is 6. The van der Waals surface area contributed by atoms with Crippen LogP contribution in [0.2, 0.25) is 0 Å². The maximum absolute atomic E-state index is 3.54. The Balaban J connectivity index is 1.47. The van der Waals surface area contributed by atoms with Gasteiger partial charge in [-0.2, -0.15) is 0 Å². The number of H-pyrrole nitrogens is 1. The van der Waals surface area contributed by atoms with Crippen LogP contribution in [-0.2, 0) is 6.42 Å². The van der Waals surface area contributed by atoms with Crippen molar-refractivity contribution in [1.29, 1.82) is 0 Å². The number of aryl methyl sites for hydroxylation is 1. The van der Waals surface area contributed by atoms with Gasteiger partial charge in [0, 0.05) is 29.3 Å². The zero-order valence-electron chi connectivity index (χ0n) is 11.6. The molecule has 0 atom stereocenters. The van der Waals surface area contributed by atoms with Crippen molar-refractivity contribution in [3.05, 3.63) is 66.4 Å². The molecule has 3 rings (SSSR count). The summed E-state index contributed by atoms with van der Waals surface area (Å²) in [5, 5.41) is 4.81. The highest BCUT2D eigenvalue weighted by Gasteiger charge is 2.00. The number of benzene rings is 2. The van der Waals surface area contributed by atoms with Gasteiger partial charge in [-0.15, -0.1) is 0 Å². The van der Waals surface area contributed by atoms with Gasteiger partial charge in [0.15, 0.2) is 0 Å². The van der Waals surface area contributed by atoms with Crippen LogP contribution in [0.25, 0.3) is 10.9 Å². The standard InChI is InChI=1S/C18H20N2/c1-2-7-15(8-3-1)9-4-5-13-19-17-10-6-11-18-16(17)12-14-20-18/h1-3,6-8,10-12,14,19-20H,4-5,9,13H2. The predicted octanol–water partition coefficient (Wildman–Crippen LogP) is 4.60. The Labute approximate surface area is 119 Å². The molecule has 102 valence electrons. The fraction of sp³-hybridized carbons (Fsp3) is 0.222. The third kappa shape index (κ3) is 3.02. The molecule has 2 aromatic carbocycles. The van der Waals surface area contributed by atoms with Crippen molar-refractivity contribution in [2.45, 2.75) is 19.3 Å². The van der Waals surface area contributed by atoms with Gasteiger partial charge in [-0.3, -0.25) is 0 Å². The number of hydrogen-bond acceptors (Lipinski definition) is 1. The molecule has 1 aromatic heterocycles. The van der Waals surface area contributed by atoms with Crippen LogP contribution < -0.4 is 5.32 Å². The molecular formula is C18H20N2. The second-order valence-electron chi connectivity index (χ2n) is 5.11. The molecule has 2 N–H and O–H groups in total. The van der Waals surface area contributed by atoms with E-state index in [4.69, 9.17) is 0 Å². The van der Waals surface area contributed by atoms with Gasteiger partial charge in [-0.1, -0.05) is 36.4 Å². The molecule has 0 bridgehead atoms. The summed E-state index contributed by atoms with van der Waals surface area (Å²) in [6.45, 7) is 1.02. The summed E-state index contributed by atoms with van der Waals surface area (Å²) in [5.74, 6) is 0. The Bertz CT molecular complexity index is 655. The maximum atomic E-state index is 3.54. The van der Waals surface area contributed by atoms with Gasteiger partial charge in [0.2, 0.25) is 0 Å². The van der Waals surface area contributed by atoms with Crippen LogP contribution >= 0.6 is 0 Å². The number of aromatic nitrogens is 1. The summed E-state index contributed by atoms with van der Waals surface area (Å²) in [7, 11) is 0. The van der Waals surface area contributed by atoms with Crippen LogP contribution in [0.4, 0.5) is 5.69 Å². The van der Waals surface area contributed by atoms with Crippen molar-refractivity contribution in [1.82, 2.24) is 4.98 Å². The fourth-order valence-corrected chi connectivity index (χ4v) is 2.56. The second-order valence-corrected chi connectivity index (χ2v) is 5.11. The quantitative estimate of drug-likeness (QED) is 0.625. The summed E-state index contributed by atoms with van der Waals surface area (Å²) in [6.07, 6.45) is 5.57. The van der Waals surface area contributed by atoms with E-state index >= 15 is 0 Å². The van der Waals surface area contributed by atoms with Crippen molar-refractivity contribution in [2.75, 3.05) is 11.9 Å². The van der Waals surface area contributed by atoms with Crippen LogP contribution in [0.3, 0.4) is 0 Å². The molecule has 0 aliphatic rings. The number of nitrogens with one attached hydrogen (secondary N) is 2. The highest BCUT2D eigenvalue weighted by atomic mass is 14.9. The van der Waals surface area contributed by atoms with Crippen molar-refractivity contribution < 1.29 is 0 Å². The van der Waals surface area contributed by atoms with E-state index in [0.29, 0.717) is 0 Å². The summed E-state index contributed by atoms with van der Waals surface area (Å²) in [6, 6.07) is 19.2. The molecule has 0 saturated heterocycles. The Hall–Kier alpha value is -2.22. The molecule has 1 heterocycles. The minimum atomic E-state index is 1.02. The largest absolute Gasteiger partial charge is 0.384 e. The van der Waals surface area contributed by atoms with Gasteiger partial charge < -0.3 is 10.3 Å². The van der Waals surface area contributed by atoms with Crippen molar-refractivity contribution in [2.24, 2.45) is 0 Å². The molecule has 3 aromatic rings. The minimum absolute atomic E-state index is 1.02. The van der Waals surface area contributed by atoms with Crippen molar-refractivity contribution in [3.8, 4) is 0 Å². The Kier molecular flexibility index (Phi) is 4.02. The minimum Gasteiger partial charge on any atom is -0.384 e. The molecule has 2 nitrogen and oxygen atoms in total. The van der Waals surface area contributed by atoms with Crippen molar-refractivity contribution >= 4 is 16.6 Å². The normalized spacial score (nSPS) is 10.8. The summed E-state index contributed by atoms with van der Waals surface area (Å²) < 4.78 is 0. The SMILES string of the molecule is c1ccc(CCCCNc2cccc3[nH]ccc23)cc1. The molecule has 20 heavy (non-hydrogen) atoms. The molecular weight excluding hydrogens is 244 g/mol. The third-order valence-corrected chi connectivity index (χ3v) is 3.65. The van der Waals surface area contributed by atoms with Gasteiger partial charge in [-0.25, -0.2) is 0 Å². The lowest BCUT2D eigenvalue weighted by atomic mass is 10.1. The third-order valence-electron chi connectivity index (χ3n) is 3.65. The smallest absolute Gasteiger partial charge is 0.0474 e. The van der Waals surface area contributed by atoms with Gasteiger partial charge >= 0.3 is 0 Å². The first-order chi connectivity index (χ1) is 9.93. The Morgan fingerprint density at radius 2 is 1.75 bits per heavy atom. The lowest BCUT2D eigenvalue weighted by Gasteiger charge is -2.07. The molecule has 0 amide bonds. The van der Waals surface area contributed by atoms with Gasteiger partial charge in [0.1, 0.15) is 0 Å². The molecule has 0 saturated carbocycles. The zero-order valence-corrected chi connectivity index (χ0v) is 11.6. The second kappa shape index (κ2) is 6.29. The first-order valence-electron chi connectivity index (χ1n) is 7.27. The number of unbranched alkanes of at least 4 members (excludes halogenated alkanes) is 1. The van der Waals surface area contributed by atoms with Crippen LogP contribution in [0.15, 0.2) is 60.8 Å². The first kappa shape index (κ1) is 12.8. The molecule has 0 fully saturated rings. The monoisotopic (exact) mass is 264 g/mol. The van der Waals surface area contributed by atoms with E-state index in [-0.39, 0.29) is 0 Å². The van der Waals surface area contributed by atoms with E-state index in [0.717, 1.165) is 13.0 Å². The number of hydrogen-bond donors (Lipinski definition) is 2. The highest BCUT2D eigenvalue weighted by Crippen LogP contribution is 2.22. The Morgan fingerprint density at radius 1 is 0.850 bits per heavy atom. The van der Waals surface area contributed by atoms with E-state index in [1.54, 1.807) is 0 Å². The lowest BCUT2D eigenvalue weighted by molar-refractivity contribution is 0.763. The maximum Gasteiger partial charge on any atom is 0.0474 e. The zero-order chi connectivity index (χ0) is 13.6. The molecule has 0 aliphatic heterocycles. The summed E-state index contributed by atoms with van der Waals surface area (Å²) >= 11 is 0. The molecule has 0 aliphatic carbocycles. The van der Waals surface area contributed by atoms with E-state index in [1.807, 2.05) is 6.20 Å². The lowest BCUT2D eigenvalue weighted by Crippen LogP contribution is -2.02. The van der Waals surface area contributed by atoms with Crippen LogP contribution in [0.5, 0.6) is 0 Å². The highest BCUT2D eigenvalue weighted by molar-refractivity contribution is 5.91. The Morgan fingerprint density at radius 3 is 2.65 bits per heavy atom. The van der Waals surface area contributed by atoms with E-state index in [9.17, 15) is 0 Å². The number of aromatic amines is 1. The van der Waals surface area contributed by atoms with Crippen LogP contribution in [0, 0.1) is 0 Å². The van der Waals surface area contributed by atoms with Gasteiger partial charge in [-0.05, 0) is 43.0 Å². The number of anilines is 1. The van der Waals surface area contributed by atoms with Crippen LogP contribution in [-0.4, -0.2) is 11.5 Å². The molecule has 0 radical (unpaired) electrons. The first-order valence-corrected chi connectivity index (χ1v) is 7.27. The fourth-order valence-electron chi connectivity index (χ4n) is 2.56. The molecule has 2 heteroatoms. The van der Waals surface area contributed by atoms with E-state index in [2.05, 4.69) is 64.9 Å². The van der Waals surface area contributed by atoms with Gasteiger partial charge in [0.05, 0.1) is 0 Å². The van der Waals surface area contributed by atoms with E-state index in [1.165, 1.54) is 35.0 Å². The topological polar surface area (TPSA) is 27.8 Å². The summed E-state index contributed by atoms with van der Waals surface area (Å²) in [4.78, 5) is 3.24. The number of fused-ring (bicyclic) bond motifs is 1. The average molecular weight is 264 g/mol. The van der Waals surface area contributed by atoms with E-state index < -0.39 is 0 Å². The van der Waals surface area contributed by atoms with Gasteiger partial charge in [0.25, 0.3) is 0 Å². The predicted molar refractivity (Wildman–Crippen MR) is 86.2 cm³/mol.